The summed E-state index contributed by atoms with van der Waals surface area (Å²) in [6.07, 6.45) is 0.672. The van der Waals surface area contributed by atoms with Crippen LogP contribution in [0.25, 0.3) is 0 Å². The van der Waals surface area contributed by atoms with Gasteiger partial charge in [0.2, 0.25) is 5.76 Å². The standard InChI is InChI=1S/C13H15NO5/c1-14(12(16)7-11(15)13(17)18)8-9-3-5-10(19-2)6-4-9/h3-7,15H,8H2,1-2H3,(H,17,18)/b11-7-. The normalized spacial score (nSPS) is 10.9. The summed E-state index contributed by atoms with van der Waals surface area (Å²) < 4.78 is 5.01. The number of aliphatic hydroxyl groups excluding tert-OH is 1. The van der Waals surface area contributed by atoms with Gasteiger partial charge in [-0.05, 0) is 17.7 Å². The number of hydrogen-bond acceptors (Lipinski definition) is 4. The smallest absolute Gasteiger partial charge is 0.371 e. The van der Waals surface area contributed by atoms with Crippen LogP contribution >= 0.6 is 0 Å². The summed E-state index contributed by atoms with van der Waals surface area (Å²) in [6, 6.07) is 7.11. The van der Waals surface area contributed by atoms with Crippen LogP contribution in [0.4, 0.5) is 0 Å². The highest BCUT2D eigenvalue weighted by Crippen LogP contribution is 2.12. The van der Waals surface area contributed by atoms with E-state index in [1.54, 1.807) is 31.4 Å². The van der Waals surface area contributed by atoms with Crippen LogP contribution < -0.4 is 4.74 Å². The van der Waals surface area contributed by atoms with Crippen LogP contribution in [0.1, 0.15) is 5.56 Å². The molecule has 0 bridgehead atoms. The van der Waals surface area contributed by atoms with Crippen molar-refractivity contribution in [3.8, 4) is 5.75 Å². The zero-order valence-corrected chi connectivity index (χ0v) is 10.7. The molecule has 0 aliphatic heterocycles. The first-order valence-electron chi connectivity index (χ1n) is 5.46. The monoisotopic (exact) mass is 265 g/mol. The first-order valence-corrected chi connectivity index (χ1v) is 5.46. The Kier molecular flexibility index (Phi) is 4.93. The van der Waals surface area contributed by atoms with Crippen molar-refractivity contribution in [3.63, 3.8) is 0 Å². The van der Waals surface area contributed by atoms with Gasteiger partial charge in [-0.2, -0.15) is 0 Å². The van der Waals surface area contributed by atoms with Gasteiger partial charge in [0.1, 0.15) is 5.75 Å². The Hall–Kier alpha value is -2.50. The van der Waals surface area contributed by atoms with Crippen molar-refractivity contribution in [2.45, 2.75) is 6.54 Å². The van der Waals surface area contributed by atoms with Crippen molar-refractivity contribution < 1.29 is 24.5 Å². The number of ether oxygens (including phenoxy) is 1. The molecular weight excluding hydrogens is 250 g/mol. The zero-order valence-electron chi connectivity index (χ0n) is 10.7. The molecule has 0 spiro atoms. The third-order valence-corrected chi connectivity index (χ3v) is 2.43. The molecule has 1 aromatic rings. The number of nitrogens with zero attached hydrogens (tertiary/aromatic N) is 1. The third kappa shape index (κ3) is 4.34. The number of carbonyl (C=O) groups excluding carboxylic acids is 1. The zero-order chi connectivity index (χ0) is 14.4. The first kappa shape index (κ1) is 14.6. The van der Waals surface area contributed by atoms with Crippen molar-refractivity contribution >= 4 is 11.9 Å². The van der Waals surface area contributed by atoms with Crippen molar-refractivity contribution in [1.82, 2.24) is 4.90 Å². The van der Waals surface area contributed by atoms with Crippen LogP contribution in [0.2, 0.25) is 0 Å². The third-order valence-electron chi connectivity index (χ3n) is 2.43. The fraction of sp³-hybridized carbons (Fsp3) is 0.231. The molecule has 0 heterocycles. The molecule has 1 aromatic carbocycles. The summed E-state index contributed by atoms with van der Waals surface area (Å²) in [6.45, 7) is 0.298. The molecule has 0 saturated carbocycles. The lowest BCUT2D eigenvalue weighted by molar-refractivity contribution is -0.136. The number of methoxy groups -OCH3 is 1. The van der Waals surface area contributed by atoms with Crippen molar-refractivity contribution in [3.05, 3.63) is 41.7 Å². The number of hydrogen-bond donors (Lipinski definition) is 2. The largest absolute Gasteiger partial charge is 0.502 e. The first-order chi connectivity index (χ1) is 8.93. The van der Waals surface area contributed by atoms with E-state index in [0.717, 1.165) is 5.56 Å². The van der Waals surface area contributed by atoms with E-state index in [1.807, 2.05) is 0 Å². The Morgan fingerprint density at radius 2 is 1.84 bits per heavy atom. The van der Waals surface area contributed by atoms with E-state index < -0.39 is 17.6 Å². The topological polar surface area (TPSA) is 87.1 Å². The van der Waals surface area contributed by atoms with E-state index in [4.69, 9.17) is 14.9 Å². The molecule has 0 unspecified atom stereocenters. The lowest BCUT2D eigenvalue weighted by atomic mass is 10.2. The fourth-order valence-corrected chi connectivity index (χ4v) is 1.37. The molecule has 0 radical (unpaired) electrons. The van der Waals surface area contributed by atoms with E-state index in [9.17, 15) is 9.59 Å². The average molecular weight is 265 g/mol. The minimum Gasteiger partial charge on any atom is -0.502 e. The number of aliphatic carboxylic acids is 1. The Labute approximate surface area is 110 Å². The highest BCUT2D eigenvalue weighted by Gasteiger charge is 2.11. The molecule has 0 atom stereocenters. The Morgan fingerprint density at radius 3 is 2.32 bits per heavy atom. The minimum absolute atomic E-state index is 0.298. The Bertz CT molecular complexity index is 492. The van der Waals surface area contributed by atoms with Gasteiger partial charge in [0, 0.05) is 13.6 Å². The van der Waals surface area contributed by atoms with Gasteiger partial charge in [0.05, 0.1) is 13.2 Å². The quantitative estimate of drug-likeness (QED) is 0.616. The van der Waals surface area contributed by atoms with Gasteiger partial charge < -0.3 is 19.8 Å². The molecule has 1 rings (SSSR count). The Morgan fingerprint density at radius 1 is 1.26 bits per heavy atom. The van der Waals surface area contributed by atoms with Crippen LogP contribution in [0.3, 0.4) is 0 Å². The second kappa shape index (κ2) is 6.44. The highest BCUT2D eigenvalue weighted by atomic mass is 16.5. The number of rotatable bonds is 5. The molecule has 0 saturated heterocycles. The minimum atomic E-state index is -1.54. The fourth-order valence-electron chi connectivity index (χ4n) is 1.37. The lowest BCUT2D eigenvalue weighted by Crippen LogP contribution is -2.25. The van der Waals surface area contributed by atoms with Crippen LogP contribution in [0.5, 0.6) is 5.75 Å². The molecule has 6 nitrogen and oxygen atoms in total. The van der Waals surface area contributed by atoms with Gasteiger partial charge in [-0.25, -0.2) is 4.79 Å². The van der Waals surface area contributed by atoms with E-state index >= 15 is 0 Å². The average Bonchev–Trinajstić information content (AvgIpc) is 2.39. The summed E-state index contributed by atoms with van der Waals surface area (Å²) in [5.74, 6) is -2.39. The van der Waals surface area contributed by atoms with Crippen LogP contribution in [0.15, 0.2) is 36.1 Å². The van der Waals surface area contributed by atoms with Crippen LogP contribution in [0, 0.1) is 0 Å². The summed E-state index contributed by atoms with van der Waals surface area (Å²) in [7, 11) is 3.07. The predicted octanol–water partition coefficient (Wildman–Crippen LogP) is 1.18. The molecule has 0 aliphatic rings. The van der Waals surface area contributed by atoms with Crippen molar-refractivity contribution in [2.75, 3.05) is 14.2 Å². The van der Waals surface area contributed by atoms with Crippen LogP contribution in [-0.2, 0) is 16.1 Å². The van der Waals surface area contributed by atoms with Gasteiger partial charge in [0.15, 0.2) is 0 Å². The van der Waals surface area contributed by atoms with E-state index in [-0.39, 0.29) is 0 Å². The second-order valence-corrected chi connectivity index (χ2v) is 3.88. The number of aliphatic hydroxyl groups is 1. The number of amides is 1. The highest BCUT2D eigenvalue weighted by molar-refractivity contribution is 5.95. The molecule has 0 aliphatic carbocycles. The van der Waals surface area contributed by atoms with Gasteiger partial charge in [-0.1, -0.05) is 12.1 Å². The number of likely N-dealkylation sites (N-methyl/N-ethyl adjacent to an activating group) is 1. The number of benzene rings is 1. The lowest BCUT2D eigenvalue weighted by Gasteiger charge is -2.15. The van der Waals surface area contributed by atoms with Gasteiger partial charge in [-0.15, -0.1) is 0 Å². The molecule has 6 heteroatoms. The van der Waals surface area contributed by atoms with Gasteiger partial charge in [0.25, 0.3) is 5.91 Å². The summed E-state index contributed by atoms with van der Waals surface area (Å²) in [4.78, 5) is 23.3. The van der Waals surface area contributed by atoms with Crippen LogP contribution in [-0.4, -0.2) is 41.1 Å². The van der Waals surface area contributed by atoms with Crippen molar-refractivity contribution in [2.24, 2.45) is 0 Å². The van der Waals surface area contributed by atoms with E-state index in [2.05, 4.69) is 0 Å². The molecule has 0 aromatic heterocycles. The molecule has 0 fully saturated rings. The number of carboxylic acid groups (broad SMARTS) is 1. The summed E-state index contributed by atoms with van der Waals surface area (Å²) in [5.41, 5.74) is 0.861. The Balaban J connectivity index is 2.68. The molecule has 19 heavy (non-hydrogen) atoms. The maximum absolute atomic E-state index is 11.6. The molecule has 2 N–H and O–H groups in total. The second-order valence-electron chi connectivity index (χ2n) is 3.88. The van der Waals surface area contributed by atoms with Gasteiger partial charge in [-0.3, -0.25) is 4.79 Å². The molecule has 102 valence electrons. The summed E-state index contributed by atoms with van der Waals surface area (Å²) >= 11 is 0. The maximum Gasteiger partial charge on any atom is 0.371 e. The maximum atomic E-state index is 11.6. The SMILES string of the molecule is COc1ccc(CN(C)C(=O)/C=C(\O)C(=O)O)cc1. The van der Waals surface area contributed by atoms with Crippen molar-refractivity contribution in [1.29, 1.82) is 0 Å². The number of carbonyl (C=O) groups is 2. The molecular formula is C13H15NO5. The molecule has 1 amide bonds. The van der Waals surface area contributed by atoms with Gasteiger partial charge >= 0.3 is 5.97 Å². The van der Waals surface area contributed by atoms with E-state index in [0.29, 0.717) is 18.4 Å². The summed E-state index contributed by atoms with van der Waals surface area (Å²) in [5, 5.41) is 17.4. The number of carboxylic acids is 1. The predicted molar refractivity (Wildman–Crippen MR) is 67.8 cm³/mol. The van der Waals surface area contributed by atoms with E-state index in [1.165, 1.54) is 11.9 Å².